The van der Waals surface area contributed by atoms with E-state index in [1.807, 2.05) is 24.4 Å². The first-order valence-corrected chi connectivity index (χ1v) is 11.4. The number of anilines is 1. The van der Waals surface area contributed by atoms with E-state index in [9.17, 15) is 9.59 Å². The molecule has 1 amide bonds. The first-order valence-electron chi connectivity index (χ1n) is 9.17. The predicted octanol–water partition coefficient (Wildman–Crippen LogP) is 4.54. The van der Waals surface area contributed by atoms with E-state index in [1.54, 1.807) is 30.3 Å². The summed E-state index contributed by atoms with van der Waals surface area (Å²) < 4.78 is 6.90. The van der Waals surface area contributed by atoms with Gasteiger partial charge < -0.3 is 10.1 Å². The topological polar surface area (TPSA) is 86.1 Å². The van der Waals surface area contributed by atoms with Gasteiger partial charge in [-0.3, -0.25) is 14.2 Å². The van der Waals surface area contributed by atoms with Crippen molar-refractivity contribution in [1.29, 1.82) is 0 Å². The number of methoxy groups -OCH3 is 1. The van der Waals surface area contributed by atoms with Crippen LogP contribution in [0.25, 0.3) is 16.6 Å². The molecule has 0 aliphatic carbocycles. The Labute approximate surface area is 191 Å². The van der Waals surface area contributed by atoms with Crippen LogP contribution in [0, 0.1) is 6.92 Å². The van der Waals surface area contributed by atoms with E-state index in [0.29, 0.717) is 37.7 Å². The lowest BCUT2D eigenvalue weighted by Crippen LogP contribution is -2.23. The van der Waals surface area contributed by atoms with E-state index >= 15 is 0 Å². The second kappa shape index (κ2) is 9.09. The summed E-state index contributed by atoms with van der Waals surface area (Å²) in [6, 6.07) is 12.1. The van der Waals surface area contributed by atoms with Gasteiger partial charge in [-0.2, -0.15) is 0 Å². The minimum Gasteiger partial charge on any atom is -0.495 e. The van der Waals surface area contributed by atoms with Gasteiger partial charge in [-0.05, 0) is 37.3 Å². The Hall–Kier alpha value is -2.88. The molecule has 10 heteroatoms. The van der Waals surface area contributed by atoms with Crippen molar-refractivity contribution < 1.29 is 9.53 Å². The number of carbonyl (C=O) groups is 1. The van der Waals surface area contributed by atoms with Crippen LogP contribution in [0.2, 0.25) is 5.02 Å². The molecule has 1 N–H and O–H groups in total. The van der Waals surface area contributed by atoms with Gasteiger partial charge in [0.05, 0.1) is 35.1 Å². The number of carbonyl (C=O) groups excluding carboxylic acids is 1. The van der Waals surface area contributed by atoms with Crippen molar-refractivity contribution in [3.63, 3.8) is 0 Å². The van der Waals surface area contributed by atoms with Crippen LogP contribution in [0.1, 0.15) is 5.69 Å². The van der Waals surface area contributed by atoms with Crippen LogP contribution in [0.3, 0.4) is 0 Å². The van der Waals surface area contributed by atoms with Crippen LogP contribution >= 0.6 is 34.7 Å². The molecule has 2 aromatic heterocycles. The van der Waals surface area contributed by atoms with Crippen LogP contribution in [0.4, 0.5) is 5.13 Å². The summed E-state index contributed by atoms with van der Waals surface area (Å²) in [5.74, 6) is 0.322. The molecular weight excluding hydrogens is 456 g/mol. The molecule has 0 saturated carbocycles. The van der Waals surface area contributed by atoms with Crippen LogP contribution in [-0.4, -0.2) is 33.3 Å². The highest BCUT2D eigenvalue weighted by Gasteiger charge is 2.18. The Morgan fingerprint density at radius 1 is 1.26 bits per heavy atom. The molecule has 0 saturated heterocycles. The van der Waals surface area contributed by atoms with Crippen LogP contribution in [0.5, 0.6) is 5.75 Å². The lowest BCUT2D eigenvalue weighted by Gasteiger charge is -2.15. The van der Waals surface area contributed by atoms with Crippen molar-refractivity contribution >= 4 is 56.6 Å². The van der Waals surface area contributed by atoms with E-state index in [0.717, 1.165) is 17.5 Å². The average molecular weight is 473 g/mol. The summed E-state index contributed by atoms with van der Waals surface area (Å²) in [6.07, 6.45) is 0. The summed E-state index contributed by atoms with van der Waals surface area (Å²) in [5.41, 5.74) is 1.57. The number of amides is 1. The predicted molar refractivity (Wildman–Crippen MR) is 125 cm³/mol. The van der Waals surface area contributed by atoms with Gasteiger partial charge in [-0.1, -0.05) is 35.5 Å². The van der Waals surface area contributed by atoms with E-state index in [4.69, 9.17) is 16.3 Å². The Balaban J connectivity index is 1.75. The third-order valence-electron chi connectivity index (χ3n) is 4.32. The molecule has 158 valence electrons. The number of aryl methyl sites for hydroxylation is 1. The summed E-state index contributed by atoms with van der Waals surface area (Å²) >= 11 is 8.61. The Morgan fingerprint density at radius 3 is 2.81 bits per heavy atom. The molecule has 0 radical (unpaired) electrons. The molecule has 2 heterocycles. The fourth-order valence-corrected chi connectivity index (χ4v) is 4.64. The molecule has 0 atom stereocenters. The molecule has 0 bridgehead atoms. The normalized spacial score (nSPS) is 10.9. The molecule has 0 unspecified atom stereocenters. The number of fused-ring (bicyclic) bond motifs is 1. The smallest absolute Gasteiger partial charge is 0.266 e. The average Bonchev–Trinajstić information content (AvgIpc) is 3.16. The first-order chi connectivity index (χ1) is 15.0. The van der Waals surface area contributed by atoms with E-state index in [1.165, 1.54) is 23.0 Å². The second-order valence-electron chi connectivity index (χ2n) is 6.50. The lowest BCUT2D eigenvalue weighted by molar-refractivity contribution is -0.113. The number of nitrogens with zero attached hydrogens (tertiary/aromatic N) is 3. The number of aromatic nitrogens is 3. The fourth-order valence-electron chi connectivity index (χ4n) is 2.96. The van der Waals surface area contributed by atoms with Crippen molar-refractivity contribution in [1.82, 2.24) is 14.5 Å². The molecular formula is C21H17ClN4O3S2. The van der Waals surface area contributed by atoms with Gasteiger partial charge >= 0.3 is 0 Å². The Morgan fingerprint density at radius 2 is 2.06 bits per heavy atom. The number of rotatable bonds is 6. The van der Waals surface area contributed by atoms with Crippen molar-refractivity contribution in [2.75, 3.05) is 18.2 Å². The highest BCUT2D eigenvalue weighted by atomic mass is 35.5. The summed E-state index contributed by atoms with van der Waals surface area (Å²) in [7, 11) is 1.54. The van der Waals surface area contributed by atoms with Crippen molar-refractivity contribution in [3.05, 3.63) is 68.9 Å². The highest BCUT2D eigenvalue weighted by Crippen LogP contribution is 2.28. The highest BCUT2D eigenvalue weighted by molar-refractivity contribution is 7.99. The van der Waals surface area contributed by atoms with Crippen LogP contribution in [-0.2, 0) is 4.79 Å². The van der Waals surface area contributed by atoms with Crippen LogP contribution in [0.15, 0.2) is 57.8 Å². The molecule has 0 spiro atoms. The zero-order chi connectivity index (χ0) is 22.0. The Bertz CT molecular complexity index is 1340. The number of thioether (sulfide) groups is 1. The standard InChI is InChI=1S/C21H17ClN4O3S2/c1-12-10-30-20(23-12)25-18(27)11-31-21-24-15-9-13(22)7-8-14(15)19(28)26(21)16-5-3-4-6-17(16)29-2/h3-10H,11H2,1-2H3,(H,23,25,27). The van der Waals surface area contributed by atoms with Gasteiger partial charge in [-0.25, -0.2) is 9.97 Å². The number of hydrogen-bond acceptors (Lipinski definition) is 7. The lowest BCUT2D eigenvalue weighted by atomic mass is 10.2. The number of para-hydroxylation sites is 2. The maximum atomic E-state index is 13.4. The third kappa shape index (κ3) is 4.58. The van der Waals surface area contributed by atoms with Gasteiger partial charge in [0.15, 0.2) is 10.3 Å². The monoisotopic (exact) mass is 472 g/mol. The largest absolute Gasteiger partial charge is 0.495 e. The number of ether oxygens (including phenoxy) is 1. The van der Waals surface area contributed by atoms with Crippen molar-refractivity contribution in [2.45, 2.75) is 12.1 Å². The van der Waals surface area contributed by atoms with Crippen molar-refractivity contribution in [2.24, 2.45) is 0 Å². The SMILES string of the molecule is COc1ccccc1-n1c(SCC(=O)Nc2nc(C)cs2)nc2cc(Cl)ccc2c1=O. The second-order valence-corrected chi connectivity index (χ2v) is 8.74. The molecule has 2 aromatic carbocycles. The summed E-state index contributed by atoms with van der Waals surface area (Å²) in [6.45, 7) is 1.86. The maximum Gasteiger partial charge on any atom is 0.266 e. The summed E-state index contributed by atoms with van der Waals surface area (Å²) in [5, 5.41) is 6.40. The van der Waals surface area contributed by atoms with Crippen molar-refractivity contribution in [3.8, 4) is 11.4 Å². The van der Waals surface area contributed by atoms with Gasteiger partial charge in [0, 0.05) is 10.4 Å². The maximum absolute atomic E-state index is 13.4. The molecule has 4 aromatic rings. The van der Waals surface area contributed by atoms with E-state index in [-0.39, 0.29) is 17.2 Å². The summed E-state index contributed by atoms with van der Waals surface area (Å²) in [4.78, 5) is 34.7. The number of nitrogens with one attached hydrogen (secondary N) is 1. The molecule has 0 fully saturated rings. The van der Waals surface area contributed by atoms with Gasteiger partial charge in [-0.15, -0.1) is 11.3 Å². The number of halogens is 1. The number of hydrogen-bond donors (Lipinski definition) is 1. The minimum atomic E-state index is -0.273. The van der Waals surface area contributed by atoms with E-state index < -0.39 is 0 Å². The van der Waals surface area contributed by atoms with Gasteiger partial charge in [0.2, 0.25) is 5.91 Å². The fraction of sp³-hybridized carbons (Fsp3) is 0.143. The number of thiazole rings is 1. The third-order valence-corrected chi connectivity index (χ3v) is 6.37. The molecule has 31 heavy (non-hydrogen) atoms. The first kappa shape index (κ1) is 21.4. The molecule has 7 nitrogen and oxygen atoms in total. The van der Waals surface area contributed by atoms with Gasteiger partial charge in [0.25, 0.3) is 5.56 Å². The van der Waals surface area contributed by atoms with E-state index in [2.05, 4.69) is 15.3 Å². The molecule has 4 rings (SSSR count). The van der Waals surface area contributed by atoms with Gasteiger partial charge in [0.1, 0.15) is 5.75 Å². The van der Waals surface area contributed by atoms with Crippen LogP contribution < -0.4 is 15.6 Å². The Kier molecular flexibility index (Phi) is 6.26. The quantitative estimate of drug-likeness (QED) is 0.327. The molecule has 0 aliphatic rings. The molecule has 0 aliphatic heterocycles. The zero-order valence-corrected chi connectivity index (χ0v) is 19.0. The minimum absolute atomic E-state index is 0.0479. The number of benzene rings is 2. The zero-order valence-electron chi connectivity index (χ0n) is 16.6.